The maximum Gasteiger partial charge on any atom is 0.0193 e. The first-order valence-corrected chi connectivity index (χ1v) is 14.7. The van der Waals surface area contributed by atoms with E-state index in [1.165, 1.54) is 123 Å². The lowest BCUT2D eigenvalue weighted by atomic mass is 9.72. The molecule has 0 aromatic carbocycles. The molecule has 5 atom stereocenters. The van der Waals surface area contributed by atoms with Crippen LogP contribution in [0.1, 0.15) is 83.5 Å². The Balaban J connectivity index is 1.52. The number of nitrogens with zero attached hydrogens (tertiary/aromatic N) is 2. The van der Waals surface area contributed by atoms with E-state index in [4.69, 9.17) is 0 Å². The number of allylic oxidation sites excluding steroid dienone is 6. The maximum atomic E-state index is 2.80. The summed E-state index contributed by atoms with van der Waals surface area (Å²) in [6.07, 6.45) is 38.7. The topological polar surface area (TPSA) is 6.48 Å². The maximum absolute atomic E-state index is 2.80. The number of hydrogen-bond acceptors (Lipinski definition) is 2. The molecule has 0 spiro atoms. The zero-order valence-electron chi connectivity index (χ0n) is 21.8. The van der Waals surface area contributed by atoms with Crippen LogP contribution >= 0.6 is 0 Å². The Morgan fingerprint density at radius 1 is 0.588 bits per heavy atom. The molecule has 5 rings (SSSR count). The second-order valence-corrected chi connectivity index (χ2v) is 11.3. The lowest BCUT2D eigenvalue weighted by Crippen LogP contribution is -2.47. The molecule has 5 aliphatic heterocycles. The number of rotatable bonds is 0. The Morgan fingerprint density at radius 2 is 1.26 bits per heavy atom. The van der Waals surface area contributed by atoms with E-state index in [0.29, 0.717) is 0 Å². The Kier molecular flexibility index (Phi) is 11.3. The predicted molar refractivity (Wildman–Crippen MR) is 148 cm³/mol. The third-order valence-corrected chi connectivity index (χ3v) is 8.58. The molecule has 0 N–H and O–H groups in total. The van der Waals surface area contributed by atoms with Crippen molar-refractivity contribution in [3.05, 3.63) is 60.3 Å². The van der Waals surface area contributed by atoms with Crippen molar-refractivity contribution >= 4 is 0 Å². The fourth-order valence-electron chi connectivity index (χ4n) is 6.70. The Morgan fingerprint density at radius 3 is 2.06 bits per heavy atom. The van der Waals surface area contributed by atoms with Gasteiger partial charge < -0.3 is 4.90 Å². The Hall–Kier alpha value is -1.38. The summed E-state index contributed by atoms with van der Waals surface area (Å²) in [5, 5.41) is 0. The quantitative estimate of drug-likeness (QED) is 0.340. The zero-order chi connectivity index (χ0) is 23.3. The minimum absolute atomic E-state index is 0.769. The summed E-state index contributed by atoms with van der Waals surface area (Å²) >= 11 is 0. The molecule has 6 bridgehead atoms. The molecule has 5 aliphatic rings. The van der Waals surface area contributed by atoms with Gasteiger partial charge in [-0.3, -0.25) is 4.90 Å². The highest BCUT2D eigenvalue weighted by Gasteiger charge is 2.35. The lowest BCUT2D eigenvalue weighted by Gasteiger charge is -2.44. The summed E-state index contributed by atoms with van der Waals surface area (Å²) in [6, 6.07) is 0. The molecule has 1 fully saturated rings. The van der Waals surface area contributed by atoms with Crippen LogP contribution in [0.5, 0.6) is 0 Å². The highest BCUT2D eigenvalue weighted by Crippen LogP contribution is 2.37. The minimum Gasteiger partial charge on any atom is -0.303 e. The molecular weight excluding hydrogens is 412 g/mol. The van der Waals surface area contributed by atoms with Crippen LogP contribution in [0.15, 0.2) is 60.3 Å². The van der Waals surface area contributed by atoms with Crippen LogP contribution in [-0.4, -0.2) is 49.1 Å². The van der Waals surface area contributed by atoms with Gasteiger partial charge in [0.15, 0.2) is 0 Å². The van der Waals surface area contributed by atoms with Crippen LogP contribution in [-0.2, 0) is 0 Å². The number of piperidine rings is 1. The lowest BCUT2D eigenvalue weighted by molar-refractivity contribution is 0.0714. The van der Waals surface area contributed by atoms with Crippen molar-refractivity contribution in [2.45, 2.75) is 83.5 Å². The van der Waals surface area contributed by atoms with Crippen LogP contribution in [0.2, 0.25) is 0 Å². The van der Waals surface area contributed by atoms with E-state index >= 15 is 0 Å². The van der Waals surface area contributed by atoms with Crippen LogP contribution in [0.3, 0.4) is 0 Å². The van der Waals surface area contributed by atoms with Gasteiger partial charge in [-0.2, -0.15) is 0 Å². The second kappa shape index (κ2) is 14.9. The van der Waals surface area contributed by atoms with Gasteiger partial charge in [0.2, 0.25) is 0 Å². The van der Waals surface area contributed by atoms with E-state index in [9.17, 15) is 0 Å². The van der Waals surface area contributed by atoms with E-state index in [1.807, 2.05) is 0 Å². The molecule has 2 heteroatoms. The van der Waals surface area contributed by atoms with Crippen molar-refractivity contribution in [3.63, 3.8) is 0 Å². The first-order valence-electron chi connectivity index (χ1n) is 14.7. The van der Waals surface area contributed by atoms with E-state index < -0.39 is 0 Å². The van der Waals surface area contributed by atoms with Gasteiger partial charge in [-0.05, 0) is 88.5 Å². The second-order valence-electron chi connectivity index (χ2n) is 11.3. The van der Waals surface area contributed by atoms with E-state index in [-0.39, 0.29) is 0 Å². The fraction of sp³-hybridized carbons (Fsp3) is 0.688. The predicted octanol–water partition coefficient (Wildman–Crippen LogP) is 7.72. The van der Waals surface area contributed by atoms with Crippen LogP contribution in [0.25, 0.3) is 0 Å². The molecule has 5 heterocycles. The molecule has 0 amide bonds. The fourth-order valence-corrected chi connectivity index (χ4v) is 6.70. The standard InChI is InChI=1S/C32H50N2/c1-2-5-10-14-18-23-34-26-29-19-15-11-7-4-6-9-13-17-22-33-24-21-32(31(25-29)28-34)30(27-33)20-16-12-8-3-1/h2,4-6,9-10,13-14,25,30-32H,1,3,7-8,11-12,15-24,26-28H2/b5-2-,6-4-,13-9-,14-10-/t30-,31-,32-/m1/s1. The number of hydrogen-bond donors (Lipinski definition) is 0. The first-order chi connectivity index (χ1) is 16.9. The van der Waals surface area contributed by atoms with Crippen LogP contribution in [0.4, 0.5) is 0 Å². The average Bonchev–Trinajstić information content (AvgIpc) is 2.85. The summed E-state index contributed by atoms with van der Waals surface area (Å²) in [4.78, 5) is 5.59. The third kappa shape index (κ3) is 8.68. The first kappa shape index (κ1) is 25.7. The molecule has 2 unspecified atom stereocenters. The van der Waals surface area contributed by atoms with Gasteiger partial charge in [-0.1, -0.05) is 79.5 Å². The third-order valence-electron chi connectivity index (χ3n) is 8.58. The monoisotopic (exact) mass is 462 g/mol. The van der Waals surface area contributed by atoms with Crippen molar-refractivity contribution in [2.24, 2.45) is 17.8 Å². The molecule has 0 aromatic rings. The molecule has 1 saturated heterocycles. The molecule has 0 aliphatic carbocycles. The Bertz CT molecular complexity index is 727. The van der Waals surface area contributed by atoms with Crippen LogP contribution < -0.4 is 0 Å². The molecule has 0 aromatic heterocycles. The van der Waals surface area contributed by atoms with Crippen LogP contribution in [0, 0.1) is 17.8 Å². The van der Waals surface area contributed by atoms with E-state index in [1.54, 1.807) is 5.57 Å². The normalized spacial score (nSPS) is 38.4. The largest absolute Gasteiger partial charge is 0.303 e. The van der Waals surface area contributed by atoms with Gasteiger partial charge in [0.25, 0.3) is 0 Å². The van der Waals surface area contributed by atoms with Gasteiger partial charge in [0.05, 0.1) is 0 Å². The summed E-state index contributed by atoms with van der Waals surface area (Å²) < 4.78 is 0. The Labute approximate surface area is 210 Å². The number of fused-ring (bicyclic) bond motifs is 9. The highest BCUT2D eigenvalue weighted by molar-refractivity contribution is 5.14. The average molecular weight is 463 g/mol. The SMILES string of the molecule is C1=C2CCCC/C=C\C=C/CCN3CC[C@@H]4[C@H](CCCCCC/C=C\C=C/CCN(C2)C[C@@H]14)C3. The highest BCUT2D eigenvalue weighted by atomic mass is 15.1. The van der Waals surface area contributed by atoms with Gasteiger partial charge >= 0.3 is 0 Å². The minimum atomic E-state index is 0.769. The summed E-state index contributed by atoms with van der Waals surface area (Å²) in [6.45, 7) is 7.60. The molecule has 0 saturated carbocycles. The molecular formula is C32H50N2. The van der Waals surface area contributed by atoms with Gasteiger partial charge in [-0.15, -0.1) is 0 Å². The van der Waals surface area contributed by atoms with Crippen molar-refractivity contribution in [3.8, 4) is 0 Å². The van der Waals surface area contributed by atoms with Crippen molar-refractivity contribution in [1.29, 1.82) is 0 Å². The summed E-state index contributed by atoms with van der Waals surface area (Å²) in [5.74, 6) is 2.53. The van der Waals surface area contributed by atoms with Crippen molar-refractivity contribution < 1.29 is 0 Å². The van der Waals surface area contributed by atoms with Crippen molar-refractivity contribution in [2.75, 3.05) is 39.3 Å². The van der Waals surface area contributed by atoms with Crippen molar-refractivity contribution in [1.82, 2.24) is 9.80 Å². The summed E-state index contributed by atoms with van der Waals surface area (Å²) in [5.41, 5.74) is 1.74. The molecule has 2 nitrogen and oxygen atoms in total. The summed E-state index contributed by atoms with van der Waals surface area (Å²) in [7, 11) is 0. The zero-order valence-corrected chi connectivity index (χ0v) is 21.8. The molecule has 0 radical (unpaired) electrons. The van der Waals surface area contributed by atoms with Gasteiger partial charge in [0.1, 0.15) is 0 Å². The molecule has 188 valence electrons. The smallest absolute Gasteiger partial charge is 0.0193 e. The van der Waals surface area contributed by atoms with E-state index in [0.717, 1.165) is 17.8 Å². The molecule has 34 heavy (non-hydrogen) atoms. The van der Waals surface area contributed by atoms with Gasteiger partial charge in [-0.25, -0.2) is 0 Å². The van der Waals surface area contributed by atoms with Gasteiger partial charge in [0, 0.05) is 32.7 Å². The van der Waals surface area contributed by atoms with E-state index in [2.05, 4.69) is 64.5 Å².